The maximum absolute atomic E-state index is 12.3. The monoisotopic (exact) mass is 275 g/mol. The van der Waals surface area contributed by atoms with Crippen molar-refractivity contribution < 1.29 is 9.59 Å². The van der Waals surface area contributed by atoms with Gasteiger partial charge in [0, 0.05) is 18.8 Å². The third-order valence-corrected chi connectivity index (χ3v) is 3.75. The lowest BCUT2D eigenvalue weighted by atomic mass is 10.1. The lowest BCUT2D eigenvalue weighted by molar-refractivity contribution is -0.141. The van der Waals surface area contributed by atoms with Gasteiger partial charge >= 0.3 is 0 Å². The third-order valence-electron chi connectivity index (χ3n) is 3.75. The SMILES string of the molecule is CCC(CC)N1C(=O)CC(NCc2ccccn2)C1=O. The second kappa shape index (κ2) is 6.61. The Labute approximate surface area is 119 Å². The molecule has 1 saturated heterocycles. The van der Waals surface area contributed by atoms with E-state index in [1.165, 1.54) is 4.90 Å². The summed E-state index contributed by atoms with van der Waals surface area (Å²) in [5.74, 6) is -0.165. The zero-order valence-corrected chi connectivity index (χ0v) is 12.0. The maximum Gasteiger partial charge on any atom is 0.247 e. The number of nitrogens with zero attached hydrogens (tertiary/aromatic N) is 2. The number of nitrogens with one attached hydrogen (secondary N) is 1. The number of rotatable bonds is 6. The minimum Gasteiger partial charge on any atom is -0.300 e. The van der Waals surface area contributed by atoms with Crippen LogP contribution in [0.1, 0.15) is 38.8 Å². The fraction of sp³-hybridized carbons (Fsp3) is 0.533. The van der Waals surface area contributed by atoms with Crippen LogP contribution in [0.25, 0.3) is 0 Å². The number of carbonyl (C=O) groups excluding carboxylic acids is 2. The highest BCUT2D eigenvalue weighted by Crippen LogP contribution is 2.20. The first-order valence-electron chi connectivity index (χ1n) is 7.16. The molecule has 1 atom stereocenters. The number of likely N-dealkylation sites (tertiary alicyclic amines) is 1. The molecule has 5 nitrogen and oxygen atoms in total. The minimum atomic E-state index is -0.412. The lowest BCUT2D eigenvalue weighted by Gasteiger charge is -2.24. The number of hydrogen-bond donors (Lipinski definition) is 1. The van der Waals surface area contributed by atoms with Crippen LogP contribution in [0.5, 0.6) is 0 Å². The molecule has 1 N–H and O–H groups in total. The molecule has 5 heteroatoms. The number of aromatic nitrogens is 1. The Morgan fingerprint density at radius 1 is 1.35 bits per heavy atom. The van der Waals surface area contributed by atoms with Crippen molar-refractivity contribution >= 4 is 11.8 Å². The van der Waals surface area contributed by atoms with E-state index in [2.05, 4.69) is 10.3 Å². The lowest BCUT2D eigenvalue weighted by Crippen LogP contribution is -2.43. The zero-order valence-electron chi connectivity index (χ0n) is 12.0. The molecule has 1 aromatic rings. The first kappa shape index (κ1) is 14.7. The normalized spacial score (nSPS) is 19.1. The summed E-state index contributed by atoms with van der Waals surface area (Å²) in [6.07, 6.45) is 3.58. The zero-order chi connectivity index (χ0) is 14.5. The predicted molar refractivity (Wildman–Crippen MR) is 75.7 cm³/mol. The average molecular weight is 275 g/mol. The Hall–Kier alpha value is -1.75. The fourth-order valence-electron chi connectivity index (χ4n) is 2.58. The van der Waals surface area contributed by atoms with Gasteiger partial charge in [-0.1, -0.05) is 19.9 Å². The molecule has 1 unspecified atom stereocenters. The third kappa shape index (κ3) is 3.04. The molecule has 2 heterocycles. The summed E-state index contributed by atoms with van der Waals surface area (Å²) >= 11 is 0. The quantitative estimate of drug-likeness (QED) is 0.799. The summed E-state index contributed by atoms with van der Waals surface area (Å²) in [4.78, 5) is 30.0. The van der Waals surface area contributed by atoms with Crippen LogP contribution >= 0.6 is 0 Å². The molecule has 0 spiro atoms. The van der Waals surface area contributed by atoms with E-state index in [1.807, 2.05) is 32.0 Å². The predicted octanol–water partition coefficient (Wildman–Crippen LogP) is 1.49. The van der Waals surface area contributed by atoms with E-state index in [0.717, 1.165) is 18.5 Å². The van der Waals surface area contributed by atoms with Crippen LogP contribution in [-0.2, 0) is 16.1 Å². The number of amides is 2. The van der Waals surface area contributed by atoms with Crippen LogP contribution in [0.3, 0.4) is 0 Å². The van der Waals surface area contributed by atoms with Crippen LogP contribution in [0.4, 0.5) is 0 Å². The van der Waals surface area contributed by atoms with Gasteiger partial charge in [-0.05, 0) is 25.0 Å². The smallest absolute Gasteiger partial charge is 0.247 e. The highest BCUT2D eigenvalue weighted by molar-refractivity contribution is 6.05. The molecule has 108 valence electrons. The van der Waals surface area contributed by atoms with Gasteiger partial charge in [0.1, 0.15) is 0 Å². The standard InChI is InChI=1S/C15H21N3O2/c1-3-12(4-2)18-14(19)9-13(15(18)20)17-10-11-7-5-6-8-16-11/h5-8,12-13,17H,3-4,9-10H2,1-2H3. The molecule has 0 aliphatic carbocycles. The number of pyridine rings is 1. The maximum atomic E-state index is 12.3. The van der Waals surface area contributed by atoms with Crippen molar-refractivity contribution in [2.24, 2.45) is 0 Å². The van der Waals surface area contributed by atoms with Crippen LogP contribution in [0.2, 0.25) is 0 Å². The number of carbonyl (C=O) groups is 2. The van der Waals surface area contributed by atoms with Crippen LogP contribution in [0.15, 0.2) is 24.4 Å². The van der Waals surface area contributed by atoms with Gasteiger partial charge in [0.2, 0.25) is 11.8 Å². The molecule has 0 bridgehead atoms. The molecule has 2 rings (SSSR count). The second-order valence-electron chi connectivity index (χ2n) is 5.03. The van der Waals surface area contributed by atoms with Gasteiger partial charge in [0.15, 0.2) is 0 Å². The van der Waals surface area contributed by atoms with Crippen LogP contribution in [-0.4, -0.2) is 33.8 Å². The first-order chi connectivity index (χ1) is 9.67. The van der Waals surface area contributed by atoms with E-state index in [9.17, 15) is 9.59 Å². The Morgan fingerprint density at radius 2 is 2.10 bits per heavy atom. The topological polar surface area (TPSA) is 62.3 Å². The van der Waals surface area contributed by atoms with Gasteiger partial charge in [-0.2, -0.15) is 0 Å². The van der Waals surface area contributed by atoms with Gasteiger partial charge in [-0.15, -0.1) is 0 Å². The van der Waals surface area contributed by atoms with Gasteiger partial charge in [-0.3, -0.25) is 24.8 Å². The molecule has 0 aromatic carbocycles. The van der Waals surface area contributed by atoms with E-state index in [-0.39, 0.29) is 24.3 Å². The van der Waals surface area contributed by atoms with E-state index < -0.39 is 6.04 Å². The first-order valence-corrected chi connectivity index (χ1v) is 7.16. The molecule has 1 aliphatic rings. The Kier molecular flexibility index (Phi) is 4.84. The van der Waals surface area contributed by atoms with Crippen molar-refractivity contribution in [2.45, 2.75) is 51.7 Å². The minimum absolute atomic E-state index is 0.0247. The van der Waals surface area contributed by atoms with Crippen molar-refractivity contribution in [3.8, 4) is 0 Å². The van der Waals surface area contributed by atoms with Crippen molar-refractivity contribution in [1.82, 2.24) is 15.2 Å². The second-order valence-corrected chi connectivity index (χ2v) is 5.03. The summed E-state index contributed by atoms with van der Waals surface area (Å²) in [7, 11) is 0. The Morgan fingerprint density at radius 3 is 2.70 bits per heavy atom. The summed E-state index contributed by atoms with van der Waals surface area (Å²) in [6.45, 7) is 4.51. The van der Waals surface area contributed by atoms with Gasteiger partial charge < -0.3 is 0 Å². The van der Waals surface area contributed by atoms with Crippen LogP contribution in [0, 0.1) is 0 Å². The van der Waals surface area contributed by atoms with Crippen molar-refractivity contribution in [1.29, 1.82) is 0 Å². The average Bonchev–Trinajstić information content (AvgIpc) is 2.75. The van der Waals surface area contributed by atoms with Gasteiger partial charge in [0.05, 0.1) is 18.2 Å². The van der Waals surface area contributed by atoms with E-state index in [4.69, 9.17) is 0 Å². The summed E-state index contributed by atoms with van der Waals surface area (Å²) in [5, 5.41) is 3.14. The van der Waals surface area contributed by atoms with E-state index in [1.54, 1.807) is 6.20 Å². The molecule has 20 heavy (non-hydrogen) atoms. The number of imide groups is 1. The molecular formula is C15H21N3O2. The molecule has 2 amide bonds. The Bertz CT molecular complexity index is 471. The van der Waals surface area contributed by atoms with Crippen LogP contribution < -0.4 is 5.32 Å². The highest BCUT2D eigenvalue weighted by atomic mass is 16.2. The van der Waals surface area contributed by atoms with Gasteiger partial charge in [-0.25, -0.2) is 0 Å². The highest BCUT2D eigenvalue weighted by Gasteiger charge is 2.40. The molecule has 1 aromatic heterocycles. The molecule has 1 aliphatic heterocycles. The molecule has 0 saturated carbocycles. The van der Waals surface area contributed by atoms with E-state index >= 15 is 0 Å². The molecular weight excluding hydrogens is 254 g/mol. The largest absolute Gasteiger partial charge is 0.300 e. The fourth-order valence-corrected chi connectivity index (χ4v) is 2.58. The Balaban J connectivity index is 1.98. The number of hydrogen-bond acceptors (Lipinski definition) is 4. The van der Waals surface area contributed by atoms with Crippen molar-refractivity contribution in [3.05, 3.63) is 30.1 Å². The van der Waals surface area contributed by atoms with Crippen molar-refractivity contribution in [3.63, 3.8) is 0 Å². The molecule has 0 radical (unpaired) electrons. The van der Waals surface area contributed by atoms with Gasteiger partial charge in [0.25, 0.3) is 0 Å². The molecule has 1 fully saturated rings. The van der Waals surface area contributed by atoms with E-state index in [0.29, 0.717) is 6.54 Å². The summed E-state index contributed by atoms with van der Waals surface area (Å²) < 4.78 is 0. The summed E-state index contributed by atoms with van der Waals surface area (Å²) in [5.41, 5.74) is 0.869. The summed E-state index contributed by atoms with van der Waals surface area (Å²) in [6, 6.07) is 5.26. The van der Waals surface area contributed by atoms with Crippen molar-refractivity contribution in [2.75, 3.05) is 0 Å².